The van der Waals surface area contributed by atoms with Crippen LogP contribution in [0.25, 0.3) is 0 Å². The van der Waals surface area contributed by atoms with Gasteiger partial charge in [-0.2, -0.15) is 0 Å². The van der Waals surface area contributed by atoms with E-state index < -0.39 is 12.0 Å². The second-order valence-electron chi connectivity index (χ2n) is 3.77. The van der Waals surface area contributed by atoms with Crippen molar-refractivity contribution in [3.05, 3.63) is 34.3 Å². The highest BCUT2D eigenvalue weighted by Gasteiger charge is 2.42. The van der Waals surface area contributed by atoms with Crippen LogP contribution in [-0.4, -0.2) is 12.5 Å². The monoisotopic (exact) mass is 275 g/mol. The Kier molecular flexibility index (Phi) is 3.07. The highest BCUT2D eigenvalue weighted by Crippen LogP contribution is 2.40. The van der Waals surface area contributed by atoms with Gasteiger partial charge in [-0.3, -0.25) is 0 Å². The van der Waals surface area contributed by atoms with Crippen LogP contribution in [0.15, 0.2) is 28.7 Å². The topological polar surface area (TPSA) is 12.0 Å². The molecule has 2 rings (SSSR count). The highest BCUT2D eigenvalue weighted by molar-refractivity contribution is 9.10. The summed E-state index contributed by atoms with van der Waals surface area (Å²) in [6.07, 6.45) is 0.500. The molecule has 1 N–H and O–H groups in total. The lowest BCUT2D eigenvalue weighted by Gasteiger charge is -2.33. The van der Waals surface area contributed by atoms with Crippen LogP contribution in [0.5, 0.6) is 0 Å². The normalized spacial score (nSPS) is 25.1. The first-order chi connectivity index (χ1) is 7.11. The number of hydrogen-bond acceptors (Lipinski definition) is 1. The third-order valence-corrected chi connectivity index (χ3v) is 3.40. The molecule has 15 heavy (non-hydrogen) atoms. The molecule has 1 aliphatic heterocycles. The van der Waals surface area contributed by atoms with Crippen LogP contribution in [0.4, 0.5) is 8.78 Å². The van der Waals surface area contributed by atoms with Gasteiger partial charge in [-0.1, -0.05) is 34.1 Å². The average Bonchev–Trinajstić information content (AvgIpc) is 2.19. The van der Waals surface area contributed by atoms with Crippen molar-refractivity contribution >= 4 is 15.9 Å². The first-order valence-electron chi connectivity index (χ1n) is 4.97. The number of rotatable bonds is 1. The fourth-order valence-electron chi connectivity index (χ4n) is 1.91. The van der Waals surface area contributed by atoms with Gasteiger partial charge in [0.15, 0.2) is 0 Å². The summed E-state index contributed by atoms with van der Waals surface area (Å²) in [6, 6.07) is 6.28. The molecule has 1 nitrogen and oxygen atoms in total. The summed E-state index contributed by atoms with van der Waals surface area (Å²) < 4.78 is 28.0. The Balaban J connectivity index is 2.33. The van der Waals surface area contributed by atoms with E-state index in [1.807, 2.05) is 6.07 Å². The van der Waals surface area contributed by atoms with Gasteiger partial charge in [0.25, 0.3) is 5.92 Å². The van der Waals surface area contributed by atoms with Gasteiger partial charge in [0, 0.05) is 10.9 Å². The van der Waals surface area contributed by atoms with E-state index in [1.165, 1.54) is 0 Å². The largest absolute Gasteiger partial charge is 0.305 e. The molecular weight excluding hydrogens is 264 g/mol. The van der Waals surface area contributed by atoms with Crippen LogP contribution in [0.1, 0.15) is 24.4 Å². The highest BCUT2D eigenvalue weighted by atomic mass is 79.9. The Morgan fingerprint density at radius 1 is 1.33 bits per heavy atom. The second kappa shape index (κ2) is 4.18. The van der Waals surface area contributed by atoms with Crippen LogP contribution in [0.3, 0.4) is 0 Å². The van der Waals surface area contributed by atoms with Gasteiger partial charge in [-0.15, -0.1) is 0 Å². The van der Waals surface area contributed by atoms with Crippen molar-refractivity contribution in [1.82, 2.24) is 5.32 Å². The van der Waals surface area contributed by atoms with E-state index in [4.69, 9.17) is 0 Å². The van der Waals surface area contributed by atoms with Gasteiger partial charge in [0.1, 0.15) is 0 Å². The quantitative estimate of drug-likeness (QED) is 0.827. The molecule has 0 spiro atoms. The minimum atomic E-state index is -2.65. The van der Waals surface area contributed by atoms with Gasteiger partial charge in [0.05, 0.1) is 6.04 Å². The summed E-state index contributed by atoms with van der Waals surface area (Å²) in [5, 5.41) is 2.89. The van der Waals surface area contributed by atoms with Gasteiger partial charge in [0.2, 0.25) is 0 Å². The fourth-order valence-corrected chi connectivity index (χ4v) is 2.42. The molecule has 1 aromatic rings. The van der Waals surface area contributed by atoms with Crippen LogP contribution >= 0.6 is 15.9 Å². The molecular formula is C11H12BrF2N. The second-order valence-corrected chi connectivity index (χ2v) is 4.63. The molecule has 1 atom stereocenters. The first-order valence-corrected chi connectivity index (χ1v) is 5.76. The number of halogens is 3. The lowest BCUT2D eigenvalue weighted by atomic mass is 9.94. The van der Waals surface area contributed by atoms with E-state index in [0.29, 0.717) is 18.5 Å². The zero-order chi connectivity index (χ0) is 10.9. The van der Waals surface area contributed by atoms with Gasteiger partial charge in [-0.05, 0) is 24.6 Å². The summed E-state index contributed by atoms with van der Waals surface area (Å²) in [5.74, 6) is -2.65. The van der Waals surface area contributed by atoms with Crippen molar-refractivity contribution in [2.24, 2.45) is 0 Å². The van der Waals surface area contributed by atoms with Crippen LogP contribution < -0.4 is 5.32 Å². The van der Waals surface area contributed by atoms with Crippen LogP contribution in [-0.2, 0) is 0 Å². The lowest BCUT2D eigenvalue weighted by Crippen LogP contribution is -2.42. The molecule has 1 aromatic carbocycles. The average molecular weight is 276 g/mol. The molecule has 4 heteroatoms. The molecule has 0 radical (unpaired) electrons. The maximum atomic E-state index is 13.7. The van der Waals surface area contributed by atoms with Gasteiger partial charge >= 0.3 is 0 Å². The molecule has 0 bridgehead atoms. The van der Waals surface area contributed by atoms with E-state index >= 15 is 0 Å². The molecule has 1 fully saturated rings. The molecule has 1 aliphatic rings. The summed E-state index contributed by atoms with van der Waals surface area (Å²) in [5.41, 5.74) is 0.641. The molecule has 1 saturated heterocycles. The van der Waals surface area contributed by atoms with E-state index in [2.05, 4.69) is 21.2 Å². The summed E-state index contributed by atoms with van der Waals surface area (Å²) >= 11 is 3.31. The van der Waals surface area contributed by atoms with Gasteiger partial charge in [-0.25, -0.2) is 8.78 Å². The van der Waals surface area contributed by atoms with Crippen molar-refractivity contribution in [3.8, 4) is 0 Å². The maximum absolute atomic E-state index is 13.7. The lowest BCUT2D eigenvalue weighted by molar-refractivity contribution is -0.0621. The standard InChI is InChI=1S/C11H12BrF2N/c12-9-5-2-1-4-8(9)10-11(13,14)6-3-7-15-10/h1-2,4-5,10,15H,3,6-7H2. The Labute approximate surface area is 96.0 Å². The predicted octanol–water partition coefficient (Wildman–Crippen LogP) is 3.51. The zero-order valence-corrected chi connectivity index (χ0v) is 9.73. The zero-order valence-electron chi connectivity index (χ0n) is 8.14. The van der Waals surface area contributed by atoms with Crippen LogP contribution in [0.2, 0.25) is 0 Å². The SMILES string of the molecule is FC1(F)CCCNC1c1ccccc1Br. The molecule has 0 amide bonds. The van der Waals surface area contributed by atoms with Crippen molar-refractivity contribution in [1.29, 1.82) is 0 Å². The van der Waals surface area contributed by atoms with Gasteiger partial charge < -0.3 is 5.32 Å². The Morgan fingerprint density at radius 3 is 2.73 bits per heavy atom. The third-order valence-electron chi connectivity index (χ3n) is 2.67. The van der Waals surface area contributed by atoms with E-state index in [1.54, 1.807) is 18.2 Å². The molecule has 1 unspecified atom stereocenters. The Morgan fingerprint density at radius 2 is 2.07 bits per heavy atom. The van der Waals surface area contributed by atoms with E-state index in [0.717, 1.165) is 4.47 Å². The Bertz CT molecular complexity index is 354. The number of alkyl halides is 2. The number of benzene rings is 1. The minimum Gasteiger partial charge on any atom is -0.305 e. The number of hydrogen-bond donors (Lipinski definition) is 1. The van der Waals surface area contributed by atoms with Crippen molar-refractivity contribution in [2.45, 2.75) is 24.8 Å². The summed E-state index contributed by atoms with van der Waals surface area (Å²) in [4.78, 5) is 0. The van der Waals surface area contributed by atoms with Crippen molar-refractivity contribution < 1.29 is 8.78 Å². The fraction of sp³-hybridized carbons (Fsp3) is 0.455. The van der Waals surface area contributed by atoms with E-state index in [9.17, 15) is 8.78 Å². The number of piperidine rings is 1. The molecule has 0 aliphatic carbocycles. The number of nitrogens with one attached hydrogen (secondary N) is 1. The minimum absolute atomic E-state index is 0.0357. The first kappa shape index (κ1) is 11.0. The maximum Gasteiger partial charge on any atom is 0.267 e. The smallest absolute Gasteiger partial charge is 0.267 e. The predicted molar refractivity (Wildman–Crippen MR) is 59.1 cm³/mol. The van der Waals surface area contributed by atoms with Crippen LogP contribution in [0, 0.1) is 0 Å². The van der Waals surface area contributed by atoms with Crippen molar-refractivity contribution in [2.75, 3.05) is 6.54 Å². The Hall–Kier alpha value is -0.480. The van der Waals surface area contributed by atoms with E-state index in [-0.39, 0.29) is 6.42 Å². The molecule has 0 saturated carbocycles. The summed E-state index contributed by atoms with van der Waals surface area (Å²) in [6.45, 7) is 0.654. The third kappa shape index (κ3) is 2.21. The van der Waals surface area contributed by atoms with Crippen molar-refractivity contribution in [3.63, 3.8) is 0 Å². The molecule has 0 aromatic heterocycles. The molecule has 82 valence electrons. The molecule has 1 heterocycles. The summed E-state index contributed by atoms with van der Waals surface area (Å²) in [7, 11) is 0.